The molecule has 0 amide bonds. The van der Waals surface area contributed by atoms with Crippen molar-refractivity contribution in [2.24, 2.45) is 4.99 Å². The molecule has 2 atom stereocenters. The smallest absolute Gasteiger partial charge is 0.225 e. The van der Waals surface area contributed by atoms with E-state index in [0.29, 0.717) is 0 Å². The van der Waals surface area contributed by atoms with Crippen molar-refractivity contribution in [2.45, 2.75) is 25.3 Å². The van der Waals surface area contributed by atoms with Gasteiger partial charge in [0.05, 0.1) is 0 Å². The Hall–Kier alpha value is -1.97. The lowest BCUT2D eigenvalue weighted by molar-refractivity contribution is 0.369. The Kier molecular flexibility index (Phi) is 7.03. The molecule has 0 bridgehead atoms. The minimum atomic E-state index is -0.114. The second-order valence-corrected chi connectivity index (χ2v) is 6.94. The van der Waals surface area contributed by atoms with Crippen molar-refractivity contribution < 1.29 is 4.39 Å². The fourth-order valence-corrected chi connectivity index (χ4v) is 3.60. The van der Waals surface area contributed by atoms with Crippen molar-refractivity contribution in [1.29, 1.82) is 0 Å². The van der Waals surface area contributed by atoms with Crippen molar-refractivity contribution in [3.05, 3.63) is 54.1 Å². The summed E-state index contributed by atoms with van der Waals surface area (Å²) >= 11 is 0. The van der Waals surface area contributed by atoms with Crippen molar-refractivity contribution in [2.75, 3.05) is 37.6 Å². The summed E-state index contributed by atoms with van der Waals surface area (Å²) in [6.07, 6.45) is 4.49. The molecule has 1 saturated carbocycles. The molecule has 28 heavy (non-hydrogen) atoms. The predicted octanol–water partition coefficient (Wildman–Crippen LogP) is 2.88. The van der Waals surface area contributed by atoms with Crippen LogP contribution in [0.15, 0.2) is 47.7 Å². The average Bonchev–Trinajstić information content (AvgIpc) is 3.48. The zero-order valence-corrected chi connectivity index (χ0v) is 18.3. The lowest BCUT2D eigenvalue weighted by atomic mass is 10.1. The van der Waals surface area contributed by atoms with Gasteiger partial charge in [-0.3, -0.25) is 4.99 Å². The van der Waals surface area contributed by atoms with Crippen molar-refractivity contribution in [1.82, 2.24) is 20.2 Å². The Morgan fingerprint density at radius 2 is 1.86 bits per heavy atom. The summed E-state index contributed by atoms with van der Waals surface area (Å²) in [6.45, 7) is 6.20. The van der Waals surface area contributed by atoms with Crippen LogP contribution in [0.3, 0.4) is 0 Å². The van der Waals surface area contributed by atoms with Crippen LogP contribution in [0.1, 0.15) is 24.8 Å². The predicted molar refractivity (Wildman–Crippen MR) is 120 cm³/mol. The molecule has 1 aliphatic heterocycles. The normalized spacial score (nSPS) is 21.9. The number of benzene rings is 1. The summed E-state index contributed by atoms with van der Waals surface area (Å²) in [7, 11) is 0. The topological polar surface area (TPSA) is 56.7 Å². The highest BCUT2D eigenvalue weighted by Crippen LogP contribution is 2.41. The van der Waals surface area contributed by atoms with Crippen LogP contribution in [0.5, 0.6) is 0 Å². The number of piperazine rings is 1. The SMILES string of the molecule is CCN=C(NC1CC1c1ccccc1F)N1CCN(c2ncccn2)CC1.I. The van der Waals surface area contributed by atoms with Crippen LogP contribution in [0.25, 0.3) is 0 Å². The third-order valence-electron chi connectivity index (χ3n) is 5.13. The number of hydrogen-bond donors (Lipinski definition) is 1. The lowest BCUT2D eigenvalue weighted by Gasteiger charge is -2.36. The van der Waals surface area contributed by atoms with Gasteiger partial charge in [-0.05, 0) is 31.0 Å². The number of rotatable bonds is 4. The standard InChI is InChI=1S/C20H25FN6.HI/c1-2-22-20(25-18-14-16(18)15-6-3-4-7-17(15)21)27-12-10-26(11-13-27)19-23-8-5-9-24-19;/h3-9,16,18H,2,10-14H2,1H3,(H,22,25);1H. The maximum absolute atomic E-state index is 14.0. The molecule has 1 aromatic carbocycles. The summed E-state index contributed by atoms with van der Waals surface area (Å²) in [5, 5.41) is 3.55. The molecule has 6 nitrogen and oxygen atoms in total. The van der Waals surface area contributed by atoms with Gasteiger partial charge >= 0.3 is 0 Å². The highest BCUT2D eigenvalue weighted by Gasteiger charge is 2.41. The van der Waals surface area contributed by atoms with Crippen molar-refractivity contribution in [3.8, 4) is 0 Å². The van der Waals surface area contributed by atoms with Crippen LogP contribution in [-0.4, -0.2) is 59.6 Å². The van der Waals surface area contributed by atoms with E-state index < -0.39 is 0 Å². The van der Waals surface area contributed by atoms with E-state index in [1.54, 1.807) is 18.5 Å². The number of aliphatic imine (C=N–C) groups is 1. The molecule has 8 heteroatoms. The van der Waals surface area contributed by atoms with E-state index >= 15 is 0 Å². The zero-order chi connectivity index (χ0) is 18.6. The van der Waals surface area contributed by atoms with E-state index in [0.717, 1.165) is 56.6 Å². The van der Waals surface area contributed by atoms with Crippen LogP contribution in [-0.2, 0) is 0 Å². The Labute approximate surface area is 182 Å². The monoisotopic (exact) mass is 496 g/mol. The molecule has 2 heterocycles. The van der Waals surface area contributed by atoms with Crippen LogP contribution in [0, 0.1) is 5.82 Å². The minimum absolute atomic E-state index is 0. The maximum Gasteiger partial charge on any atom is 0.225 e. The van der Waals surface area contributed by atoms with Crippen molar-refractivity contribution in [3.63, 3.8) is 0 Å². The molecule has 1 aliphatic carbocycles. The van der Waals surface area contributed by atoms with Gasteiger partial charge in [0.25, 0.3) is 0 Å². The van der Waals surface area contributed by atoms with E-state index in [2.05, 4.69) is 30.1 Å². The molecule has 2 fully saturated rings. The highest BCUT2D eigenvalue weighted by atomic mass is 127. The molecular formula is C20H26FIN6. The molecule has 2 aliphatic rings. The molecule has 150 valence electrons. The summed E-state index contributed by atoms with van der Waals surface area (Å²) < 4.78 is 14.0. The number of anilines is 1. The van der Waals surface area contributed by atoms with Gasteiger partial charge in [0.2, 0.25) is 5.95 Å². The molecule has 2 aromatic rings. The van der Waals surface area contributed by atoms with E-state index in [1.807, 2.05) is 25.1 Å². The minimum Gasteiger partial charge on any atom is -0.353 e. The largest absolute Gasteiger partial charge is 0.353 e. The zero-order valence-electron chi connectivity index (χ0n) is 16.0. The van der Waals surface area contributed by atoms with Crippen LogP contribution < -0.4 is 10.2 Å². The van der Waals surface area contributed by atoms with E-state index in [9.17, 15) is 4.39 Å². The first-order chi connectivity index (χ1) is 13.3. The average molecular weight is 496 g/mol. The Morgan fingerprint density at radius 1 is 1.14 bits per heavy atom. The number of aromatic nitrogens is 2. The van der Waals surface area contributed by atoms with Crippen LogP contribution in [0.4, 0.5) is 10.3 Å². The van der Waals surface area contributed by atoms with E-state index in [4.69, 9.17) is 0 Å². The Bertz CT molecular complexity index is 794. The fourth-order valence-electron chi connectivity index (χ4n) is 3.60. The summed E-state index contributed by atoms with van der Waals surface area (Å²) in [5.74, 6) is 1.82. The van der Waals surface area contributed by atoms with Gasteiger partial charge in [0.1, 0.15) is 5.82 Å². The summed E-state index contributed by atoms with van der Waals surface area (Å²) in [5.41, 5.74) is 0.803. The molecule has 2 unspecified atom stereocenters. The molecule has 0 spiro atoms. The highest BCUT2D eigenvalue weighted by molar-refractivity contribution is 14.0. The number of nitrogens with one attached hydrogen (secondary N) is 1. The number of guanidine groups is 1. The van der Waals surface area contributed by atoms with E-state index in [-0.39, 0.29) is 41.8 Å². The number of halogens is 2. The first-order valence-electron chi connectivity index (χ1n) is 9.58. The number of nitrogens with zero attached hydrogens (tertiary/aromatic N) is 5. The first kappa shape index (κ1) is 20.8. The van der Waals surface area contributed by atoms with Gasteiger partial charge in [0, 0.05) is 57.1 Å². The first-order valence-corrected chi connectivity index (χ1v) is 9.58. The van der Waals surface area contributed by atoms with Gasteiger partial charge in [-0.2, -0.15) is 0 Å². The molecule has 4 rings (SSSR count). The number of hydrogen-bond acceptors (Lipinski definition) is 4. The van der Waals surface area contributed by atoms with Crippen LogP contribution in [0.2, 0.25) is 0 Å². The van der Waals surface area contributed by atoms with Gasteiger partial charge in [0.15, 0.2) is 5.96 Å². The second kappa shape index (κ2) is 9.49. The Balaban J connectivity index is 0.00000225. The van der Waals surface area contributed by atoms with Crippen molar-refractivity contribution >= 4 is 35.9 Å². The van der Waals surface area contributed by atoms with Gasteiger partial charge < -0.3 is 15.1 Å². The summed E-state index contributed by atoms with van der Waals surface area (Å²) in [6, 6.07) is 9.15. The third kappa shape index (κ3) is 4.71. The maximum atomic E-state index is 14.0. The van der Waals surface area contributed by atoms with Gasteiger partial charge in [-0.1, -0.05) is 18.2 Å². The molecule has 1 saturated heterocycles. The molecule has 0 radical (unpaired) electrons. The second-order valence-electron chi connectivity index (χ2n) is 6.94. The molecule has 1 N–H and O–H groups in total. The van der Waals surface area contributed by atoms with E-state index in [1.165, 1.54) is 6.07 Å². The van der Waals surface area contributed by atoms with Gasteiger partial charge in [-0.15, -0.1) is 24.0 Å². The molecule has 1 aromatic heterocycles. The van der Waals surface area contributed by atoms with Crippen LogP contribution >= 0.6 is 24.0 Å². The third-order valence-corrected chi connectivity index (χ3v) is 5.13. The fraction of sp³-hybridized carbons (Fsp3) is 0.450. The van der Waals surface area contributed by atoms with Gasteiger partial charge in [-0.25, -0.2) is 14.4 Å². The quantitative estimate of drug-likeness (QED) is 0.401. The lowest BCUT2D eigenvalue weighted by Crippen LogP contribution is -2.53. The summed E-state index contributed by atoms with van der Waals surface area (Å²) in [4.78, 5) is 17.8. The molecular weight excluding hydrogens is 470 g/mol. The Morgan fingerprint density at radius 3 is 2.54 bits per heavy atom.